The van der Waals surface area contributed by atoms with Crippen LogP contribution in [0.4, 0.5) is 0 Å². The molecule has 3 aromatic rings. The van der Waals surface area contributed by atoms with Gasteiger partial charge in [-0.3, -0.25) is 0 Å². The van der Waals surface area contributed by atoms with Crippen LogP contribution in [0.1, 0.15) is 54.9 Å². The van der Waals surface area contributed by atoms with Crippen molar-refractivity contribution in [2.75, 3.05) is 13.6 Å². The van der Waals surface area contributed by atoms with Crippen LogP contribution < -0.4 is 0 Å². The van der Waals surface area contributed by atoms with E-state index >= 15 is 0 Å². The van der Waals surface area contributed by atoms with E-state index in [1.807, 2.05) is 36.4 Å². The van der Waals surface area contributed by atoms with E-state index in [9.17, 15) is 5.11 Å². The molecule has 0 bridgehead atoms. The first-order valence-electron chi connectivity index (χ1n) is 11.1. The van der Waals surface area contributed by atoms with Gasteiger partial charge in [-0.2, -0.15) is 0 Å². The second-order valence-corrected chi connectivity index (χ2v) is 8.57. The predicted octanol–water partition coefficient (Wildman–Crippen LogP) is 5.17. The minimum Gasteiger partial charge on any atom is -0.442 e. The lowest BCUT2D eigenvalue weighted by atomic mass is 9.73. The zero-order valence-electron chi connectivity index (χ0n) is 17.8. The Balaban J connectivity index is 1.48. The van der Waals surface area contributed by atoms with Crippen LogP contribution in [0, 0.1) is 5.92 Å². The second-order valence-electron chi connectivity index (χ2n) is 8.57. The third kappa shape index (κ3) is 4.66. The molecule has 1 fully saturated rings. The molecule has 1 saturated carbocycles. The van der Waals surface area contributed by atoms with Crippen LogP contribution >= 0.6 is 0 Å². The zero-order chi connectivity index (χ0) is 20.8. The summed E-state index contributed by atoms with van der Waals surface area (Å²) in [6.45, 7) is 1.77. The number of hydrogen-bond acceptors (Lipinski definition) is 4. The smallest absolute Gasteiger partial charge is 0.231 e. The van der Waals surface area contributed by atoms with Crippen LogP contribution in [0.5, 0.6) is 0 Å². The lowest BCUT2D eigenvalue weighted by Gasteiger charge is -2.36. The molecule has 4 rings (SSSR count). The monoisotopic (exact) mass is 404 g/mol. The van der Waals surface area contributed by atoms with Crippen LogP contribution in [-0.2, 0) is 18.6 Å². The summed E-state index contributed by atoms with van der Waals surface area (Å²) in [4.78, 5) is 6.85. The van der Waals surface area contributed by atoms with Gasteiger partial charge >= 0.3 is 0 Å². The molecule has 1 N–H and O–H groups in total. The van der Waals surface area contributed by atoms with Gasteiger partial charge in [-0.15, -0.1) is 0 Å². The fourth-order valence-corrected chi connectivity index (χ4v) is 4.62. The summed E-state index contributed by atoms with van der Waals surface area (Å²) in [7, 11) is 2.12. The highest BCUT2D eigenvalue weighted by Gasteiger charge is 2.44. The van der Waals surface area contributed by atoms with Gasteiger partial charge in [0.2, 0.25) is 5.89 Å². The molecule has 4 nitrogen and oxygen atoms in total. The molecule has 0 saturated heterocycles. The molecular weight excluding hydrogens is 372 g/mol. The second kappa shape index (κ2) is 9.59. The largest absolute Gasteiger partial charge is 0.442 e. The van der Waals surface area contributed by atoms with Crippen molar-refractivity contribution in [2.45, 2.75) is 50.7 Å². The Morgan fingerprint density at radius 3 is 2.37 bits per heavy atom. The molecule has 1 aromatic heterocycles. The molecule has 30 heavy (non-hydrogen) atoms. The molecule has 0 amide bonds. The minimum absolute atomic E-state index is 0.140. The summed E-state index contributed by atoms with van der Waals surface area (Å²) in [6, 6.07) is 20.4. The van der Waals surface area contributed by atoms with Gasteiger partial charge in [-0.05, 0) is 31.0 Å². The molecule has 0 spiro atoms. The number of benzene rings is 2. The third-order valence-corrected chi connectivity index (χ3v) is 6.32. The summed E-state index contributed by atoms with van der Waals surface area (Å²) >= 11 is 0. The van der Waals surface area contributed by atoms with Gasteiger partial charge < -0.3 is 14.4 Å². The fourth-order valence-electron chi connectivity index (χ4n) is 4.62. The number of aliphatic hydroxyl groups is 1. The highest BCUT2D eigenvalue weighted by molar-refractivity contribution is 5.30. The first-order valence-corrected chi connectivity index (χ1v) is 11.1. The van der Waals surface area contributed by atoms with E-state index in [1.165, 1.54) is 12.0 Å². The maximum atomic E-state index is 11.9. The van der Waals surface area contributed by atoms with E-state index in [4.69, 9.17) is 4.42 Å². The fraction of sp³-hybridized carbons (Fsp3) is 0.423. The van der Waals surface area contributed by atoms with Gasteiger partial charge in [0, 0.05) is 25.4 Å². The molecule has 0 aliphatic heterocycles. The number of oxazole rings is 1. The Morgan fingerprint density at radius 1 is 1.00 bits per heavy atom. The lowest BCUT2D eigenvalue weighted by molar-refractivity contribution is -0.0239. The Morgan fingerprint density at radius 2 is 1.67 bits per heavy atom. The molecule has 0 unspecified atom stereocenters. The Hall–Kier alpha value is -2.43. The van der Waals surface area contributed by atoms with E-state index in [-0.39, 0.29) is 5.92 Å². The Kier molecular flexibility index (Phi) is 6.66. The summed E-state index contributed by atoms with van der Waals surface area (Å²) in [5.41, 5.74) is 1.02. The van der Waals surface area contributed by atoms with E-state index in [1.54, 1.807) is 6.20 Å². The van der Waals surface area contributed by atoms with E-state index < -0.39 is 5.60 Å². The van der Waals surface area contributed by atoms with Crippen LogP contribution in [-0.4, -0.2) is 28.6 Å². The van der Waals surface area contributed by atoms with Crippen LogP contribution in [0.25, 0.3) is 0 Å². The van der Waals surface area contributed by atoms with Crippen molar-refractivity contribution in [1.29, 1.82) is 0 Å². The SMILES string of the molecule is CN(CCc1cnc([C@](O)(c2ccccc2)C2CCCCC2)o1)Cc1ccccc1. The molecule has 1 aliphatic carbocycles. The molecule has 158 valence electrons. The number of aromatic nitrogens is 1. The molecule has 1 heterocycles. The summed E-state index contributed by atoms with van der Waals surface area (Å²) in [5, 5.41) is 11.9. The third-order valence-electron chi connectivity index (χ3n) is 6.32. The predicted molar refractivity (Wildman–Crippen MR) is 119 cm³/mol. The van der Waals surface area contributed by atoms with Gasteiger partial charge in [0.05, 0.1) is 6.20 Å². The van der Waals surface area contributed by atoms with Crippen LogP contribution in [0.15, 0.2) is 71.3 Å². The van der Waals surface area contributed by atoms with Crippen molar-refractivity contribution >= 4 is 0 Å². The van der Waals surface area contributed by atoms with E-state index in [0.29, 0.717) is 5.89 Å². The molecular formula is C26H32N2O2. The quantitative estimate of drug-likeness (QED) is 0.563. The van der Waals surface area contributed by atoms with Gasteiger partial charge in [-0.1, -0.05) is 79.9 Å². The van der Waals surface area contributed by atoms with Gasteiger partial charge in [0.15, 0.2) is 5.60 Å². The molecule has 4 heteroatoms. The summed E-state index contributed by atoms with van der Waals surface area (Å²) in [5.74, 6) is 1.41. The maximum absolute atomic E-state index is 11.9. The number of nitrogens with zero attached hydrogens (tertiary/aromatic N) is 2. The molecule has 2 aromatic carbocycles. The van der Waals surface area contributed by atoms with E-state index in [2.05, 4.69) is 41.2 Å². The highest BCUT2D eigenvalue weighted by Crippen LogP contribution is 2.43. The van der Waals surface area contributed by atoms with Crippen molar-refractivity contribution in [2.24, 2.45) is 5.92 Å². The number of likely N-dealkylation sites (N-methyl/N-ethyl adjacent to an activating group) is 1. The van der Waals surface area contributed by atoms with Crippen molar-refractivity contribution in [3.05, 3.63) is 89.6 Å². The number of hydrogen-bond donors (Lipinski definition) is 1. The van der Waals surface area contributed by atoms with Gasteiger partial charge in [0.25, 0.3) is 0 Å². The molecule has 1 aliphatic rings. The maximum Gasteiger partial charge on any atom is 0.231 e. The normalized spacial score (nSPS) is 17.2. The first-order chi connectivity index (χ1) is 14.7. The van der Waals surface area contributed by atoms with Crippen molar-refractivity contribution in [1.82, 2.24) is 9.88 Å². The first kappa shape index (κ1) is 20.8. The van der Waals surface area contributed by atoms with Gasteiger partial charge in [0.1, 0.15) is 5.76 Å². The topological polar surface area (TPSA) is 49.5 Å². The average Bonchev–Trinajstić information content (AvgIpc) is 3.29. The number of rotatable bonds is 8. The van der Waals surface area contributed by atoms with Crippen molar-refractivity contribution in [3.8, 4) is 0 Å². The average molecular weight is 405 g/mol. The minimum atomic E-state index is -1.16. The van der Waals surface area contributed by atoms with E-state index in [0.717, 1.165) is 56.5 Å². The van der Waals surface area contributed by atoms with Crippen molar-refractivity contribution in [3.63, 3.8) is 0 Å². The zero-order valence-corrected chi connectivity index (χ0v) is 17.8. The summed E-state index contributed by atoms with van der Waals surface area (Å²) < 4.78 is 6.17. The summed E-state index contributed by atoms with van der Waals surface area (Å²) in [6.07, 6.45) is 8.11. The molecule has 0 radical (unpaired) electrons. The van der Waals surface area contributed by atoms with Crippen molar-refractivity contribution < 1.29 is 9.52 Å². The standard InChI is InChI=1S/C26H32N2O2/c1-28(20-21-11-5-2-6-12-21)18-17-24-19-27-25(30-24)26(29,22-13-7-3-8-14-22)23-15-9-4-10-16-23/h2-3,5-8,11-14,19,23,29H,4,9-10,15-18,20H2,1H3/t26-/m0/s1. The van der Waals surface area contributed by atoms with Crippen LogP contribution in [0.2, 0.25) is 0 Å². The Labute approximate surface area is 179 Å². The van der Waals surface area contributed by atoms with Gasteiger partial charge in [-0.25, -0.2) is 4.98 Å². The Bertz CT molecular complexity index is 903. The lowest BCUT2D eigenvalue weighted by Crippen LogP contribution is -2.38. The van der Waals surface area contributed by atoms with Crippen LogP contribution in [0.3, 0.4) is 0 Å². The molecule has 1 atom stereocenters. The highest BCUT2D eigenvalue weighted by atomic mass is 16.4.